The third kappa shape index (κ3) is 3.41. The minimum atomic E-state index is -0.525. The maximum Gasteiger partial charge on any atom is 0.123 e. The van der Waals surface area contributed by atoms with Crippen molar-refractivity contribution in [1.29, 1.82) is 0 Å². The van der Waals surface area contributed by atoms with E-state index in [0.29, 0.717) is 6.54 Å². The number of thioether (sulfide) groups is 1. The number of thiazole rings is 1. The Bertz CT molecular complexity index is 550. The quantitative estimate of drug-likeness (QED) is 0.891. The molecule has 1 aliphatic rings. The third-order valence-electron chi connectivity index (χ3n) is 3.42. The lowest BCUT2D eigenvalue weighted by atomic mass is 10.0. The van der Waals surface area contributed by atoms with Crippen molar-refractivity contribution >= 4 is 23.1 Å². The Balaban J connectivity index is 1.55. The minimum Gasteiger partial charge on any atom is -0.388 e. The highest BCUT2D eigenvalue weighted by molar-refractivity contribution is 7.99. The highest BCUT2D eigenvalue weighted by Crippen LogP contribution is 2.27. The van der Waals surface area contributed by atoms with Crippen LogP contribution in [0.1, 0.15) is 12.1 Å². The molecule has 106 valence electrons. The van der Waals surface area contributed by atoms with E-state index in [1.807, 2.05) is 30.0 Å². The fraction of sp³-hybridized carbons (Fsp3) is 0.400. The molecule has 1 unspecified atom stereocenters. The molecule has 0 saturated carbocycles. The van der Waals surface area contributed by atoms with Crippen molar-refractivity contribution in [2.24, 2.45) is 0 Å². The molecule has 5 heteroatoms. The average Bonchev–Trinajstić information content (AvgIpc) is 3.10. The predicted molar refractivity (Wildman–Crippen MR) is 86.1 cm³/mol. The standard InChI is InChI=1S/C15H18N2OS2/c18-15(6-7-19-11-15)10-16-8-13-9-20-14(17-13)12-4-2-1-3-5-12/h1-5,9,16,18H,6-8,10-11H2. The monoisotopic (exact) mass is 306 g/mol. The van der Waals surface area contributed by atoms with Crippen LogP contribution < -0.4 is 5.32 Å². The van der Waals surface area contributed by atoms with E-state index in [2.05, 4.69) is 27.8 Å². The molecule has 2 heterocycles. The van der Waals surface area contributed by atoms with Gasteiger partial charge in [-0.15, -0.1) is 11.3 Å². The van der Waals surface area contributed by atoms with Crippen LogP contribution in [0.15, 0.2) is 35.7 Å². The molecule has 2 aromatic rings. The summed E-state index contributed by atoms with van der Waals surface area (Å²) in [5.41, 5.74) is 1.68. The lowest BCUT2D eigenvalue weighted by Gasteiger charge is -2.21. The van der Waals surface area contributed by atoms with Crippen LogP contribution >= 0.6 is 23.1 Å². The van der Waals surface area contributed by atoms with E-state index in [1.54, 1.807) is 11.3 Å². The molecule has 0 bridgehead atoms. The molecule has 1 saturated heterocycles. The Hall–Kier alpha value is -0.880. The van der Waals surface area contributed by atoms with Crippen LogP contribution in [0.25, 0.3) is 10.6 Å². The van der Waals surface area contributed by atoms with Gasteiger partial charge in [-0.1, -0.05) is 30.3 Å². The van der Waals surface area contributed by atoms with Crippen LogP contribution in [0.4, 0.5) is 0 Å². The summed E-state index contributed by atoms with van der Waals surface area (Å²) in [6.45, 7) is 1.37. The summed E-state index contributed by atoms with van der Waals surface area (Å²) in [5.74, 6) is 1.90. The maximum absolute atomic E-state index is 10.3. The van der Waals surface area contributed by atoms with Gasteiger partial charge in [0.1, 0.15) is 5.01 Å². The second-order valence-electron chi connectivity index (χ2n) is 5.14. The molecule has 1 aliphatic heterocycles. The van der Waals surface area contributed by atoms with E-state index in [4.69, 9.17) is 0 Å². The predicted octanol–water partition coefficient (Wildman–Crippen LogP) is 2.77. The molecule has 1 aromatic carbocycles. The summed E-state index contributed by atoms with van der Waals surface area (Å²) in [7, 11) is 0. The van der Waals surface area contributed by atoms with E-state index in [1.165, 1.54) is 0 Å². The maximum atomic E-state index is 10.3. The van der Waals surface area contributed by atoms with Gasteiger partial charge in [0.25, 0.3) is 0 Å². The number of benzene rings is 1. The van der Waals surface area contributed by atoms with Crippen LogP contribution in [-0.4, -0.2) is 33.7 Å². The SMILES string of the molecule is OC1(CNCc2csc(-c3ccccc3)n2)CCSC1. The van der Waals surface area contributed by atoms with Crippen molar-refractivity contribution in [2.75, 3.05) is 18.1 Å². The average molecular weight is 306 g/mol. The number of nitrogens with one attached hydrogen (secondary N) is 1. The molecule has 1 aromatic heterocycles. The van der Waals surface area contributed by atoms with Gasteiger partial charge in [0.15, 0.2) is 0 Å². The van der Waals surface area contributed by atoms with Gasteiger partial charge in [0.2, 0.25) is 0 Å². The van der Waals surface area contributed by atoms with Crippen molar-refractivity contribution < 1.29 is 5.11 Å². The third-order valence-corrected chi connectivity index (χ3v) is 5.59. The van der Waals surface area contributed by atoms with Crippen LogP contribution in [0.3, 0.4) is 0 Å². The minimum absolute atomic E-state index is 0.525. The van der Waals surface area contributed by atoms with Gasteiger partial charge in [-0.05, 0) is 12.2 Å². The Labute approximate surface area is 127 Å². The van der Waals surface area contributed by atoms with Crippen molar-refractivity contribution in [3.63, 3.8) is 0 Å². The fourth-order valence-corrected chi connectivity index (χ4v) is 4.38. The zero-order chi connectivity index (χ0) is 13.8. The number of nitrogens with zero attached hydrogens (tertiary/aromatic N) is 1. The van der Waals surface area contributed by atoms with E-state index < -0.39 is 5.60 Å². The second-order valence-corrected chi connectivity index (χ2v) is 7.10. The van der Waals surface area contributed by atoms with Crippen molar-refractivity contribution in [3.8, 4) is 10.6 Å². The fourth-order valence-electron chi connectivity index (χ4n) is 2.26. The molecule has 2 N–H and O–H groups in total. The first-order valence-electron chi connectivity index (χ1n) is 6.76. The molecule has 3 nitrogen and oxygen atoms in total. The number of aliphatic hydroxyl groups is 1. The Morgan fingerprint density at radius 2 is 2.15 bits per heavy atom. The van der Waals surface area contributed by atoms with E-state index in [9.17, 15) is 5.11 Å². The van der Waals surface area contributed by atoms with Crippen molar-refractivity contribution in [2.45, 2.75) is 18.6 Å². The van der Waals surface area contributed by atoms with Gasteiger partial charge in [0, 0.05) is 29.8 Å². The number of hydrogen-bond acceptors (Lipinski definition) is 5. The summed E-state index contributed by atoms with van der Waals surface area (Å²) in [6.07, 6.45) is 0.886. The lowest BCUT2D eigenvalue weighted by molar-refractivity contribution is 0.0674. The van der Waals surface area contributed by atoms with Gasteiger partial charge < -0.3 is 10.4 Å². The number of rotatable bonds is 5. The van der Waals surface area contributed by atoms with E-state index >= 15 is 0 Å². The Kier molecular flexibility index (Phi) is 4.41. The van der Waals surface area contributed by atoms with Gasteiger partial charge in [0.05, 0.1) is 11.3 Å². The molecular formula is C15H18N2OS2. The Morgan fingerprint density at radius 1 is 1.30 bits per heavy atom. The van der Waals surface area contributed by atoms with Crippen molar-refractivity contribution in [1.82, 2.24) is 10.3 Å². The smallest absolute Gasteiger partial charge is 0.123 e. The number of aromatic nitrogens is 1. The van der Waals surface area contributed by atoms with Gasteiger partial charge in [-0.3, -0.25) is 0 Å². The lowest BCUT2D eigenvalue weighted by Crippen LogP contribution is -2.40. The summed E-state index contributed by atoms with van der Waals surface area (Å²) in [6, 6.07) is 10.2. The highest BCUT2D eigenvalue weighted by Gasteiger charge is 2.30. The van der Waals surface area contributed by atoms with Crippen LogP contribution in [-0.2, 0) is 6.54 Å². The topological polar surface area (TPSA) is 45.1 Å². The molecule has 0 aliphatic carbocycles. The van der Waals surface area contributed by atoms with Gasteiger partial charge in [-0.2, -0.15) is 11.8 Å². The molecule has 20 heavy (non-hydrogen) atoms. The van der Waals surface area contributed by atoms with Crippen molar-refractivity contribution in [3.05, 3.63) is 41.4 Å². The molecule has 1 atom stereocenters. The summed E-state index contributed by atoms with van der Waals surface area (Å²) in [4.78, 5) is 4.64. The molecule has 3 rings (SSSR count). The zero-order valence-electron chi connectivity index (χ0n) is 11.2. The van der Waals surface area contributed by atoms with Crippen LogP contribution in [0, 0.1) is 0 Å². The first kappa shape index (κ1) is 14.1. The van der Waals surface area contributed by atoms with Crippen LogP contribution in [0.2, 0.25) is 0 Å². The normalized spacial score (nSPS) is 22.2. The molecule has 0 radical (unpaired) electrons. The summed E-state index contributed by atoms with van der Waals surface area (Å²) < 4.78 is 0. The Morgan fingerprint density at radius 3 is 2.90 bits per heavy atom. The van der Waals surface area contributed by atoms with E-state index in [-0.39, 0.29) is 0 Å². The first-order valence-corrected chi connectivity index (χ1v) is 8.79. The molecule has 0 amide bonds. The number of hydrogen-bond donors (Lipinski definition) is 2. The first-order chi connectivity index (χ1) is 9.75. The highest BCUT2D eigenvalue weighted by atomic mass is 32.2. The molecular weight excluding hydrogens is 288 g/mol. The largest absolute Gasteiger partial charge is 0.388 e. The molecule has 1 fully saturated rings. The van der Waals surface area contributed by atoms with E-state index in [0.717, 1.165) is 40.7 Å². The van der Waals surface area contributed by atoms with Gasteiger partial charge >= 0.3 is 0 Å². The van der Waals surface area contributed by atoms with Crippen LogP contribution in [0.5, 0.6) is 0 Å². The zero-order valence-corrected chi connectivity index (χ0v) is 12.8. The summed E-state index contributed by atoms with van der Waals surface area (Å²) >= 11 is 3.49. The molecule has 0 spiro atoms. The second kappa shape index (κ2) is 6.26. The van der Waals surface area contributed by atoms with Gasteiger partial charge in [-0.25, -0.2) is 4.98 Å². The summed E-state index contributed by atoms with van der Waals surface area (Å²) in [5, 5.41) is 16.7.